The first kappa shape index (κ1) is 22.1. The van der Waals surface area contributed by atoms with Gasteiger partial charge in [-0.3, -0.25) is 9.79 Å². The Kier molecular flexibility index (Phi) is 10.3. The van der Waals surface area contributed by atoms with Gasteiger partial charge >= 0.3 is 0 Å². The van der Waals surface area contributed by atoms with E-state index < -0.39 is 0 Å². The summed E-state index contributed by atoms with van der Waals surface area (Å²) in [5.74, 6) is 0.816. The normalized spacial score (nSPS) is 19.9. The van der Waals surface area contributed by atoms with Crippen molar-refractivity contribution in [3.05, 3.63) is 35.4 Å². The summed E-state index contributed by atoms with van der Waals surface area (Å²) >= 11 is 1.96. The monoisotopic (exact) mass is 476 g/mol. The van der Waals surface area contributed by atoms with Crippen LogP contribution in [-0.2, 0) is 6.42 Å². The molecule has 2 rings (SSSR count). The summed E-state index contributed by atoms with van der Waals surface area (Å²) in [6.07, 6.45) is 6.73. The maximum atomic E-state index is 11.7. The first-order chi connectivity index (χ1) is 11.7. The summed E-state index contributed by atoms with van der Waals surface area (Å²) in [5.41, 5.74) is 1.84. The number of halogens is 1. The van der Waals surface area contributed by atoms with Crippen molar-refractivity contribution in [3.63, 3.8) is 0 Å². The van der Waals surface area contributed by atoms with Crippen LogP contribution in [0.15, 0.2) is 29.3 Å². The van der Waals surface area contributed by atoms with Gasteiger partial charge in [-0.25, -0.2) is 0 Å². The van der Waals surface area contributed by atoms with E-state index in [1.165, 1.54) is 19.3 Å². The molecule has 2 unspecified atom stereocenters. The summed E-state index contributed by atoms with van der Waals surface area (Å²) in [6, 6.07) is 8.26. The van der Waals surface area contributed by atoms with Gasteiger partial charge in [-0.2, -0.15) is 11.8 Å². The highest BCUT2D eigenvalue weighted by atomic mass is 127. The van der Waals surface area contributed by atoms with E-state index in [0.717, 1.165) is 29.7 Å². The Balaban J connectivity index is 0.00000312. The van der Waals surface area contributed by atoms with Crippen molar-refractivity contribution in [1.29, 1.82) is 0 Å². The molecule has 0 bridgehead atoms. The minimum Gasteiger partial charge on any atom is -0.356 e. The van der Waals surface area contributed by atoms with Crippen LogP contribution in [0.1, 0.15) is 35.2 Å². The smallest absolute Gasteiger partial charge is 0.251 e. The second kappa shape index (κ2) is 11.6. The highest BCUT2D eigenvalue weighted by molar-refractivity contribution is 14.0. The molecule has 5 nitrogen and oxygen atoms in total. The van der Waals surface area contributed by atoms with Gasteiger partial charge in [-0.1, -0.05) is 12.1 Å². The second-order valence-electron chi connectivity index (χ2n) is 6.04. The average Bonchev–Trinajstić information content (AvgIpc) is 3.08. The quantitative estimate of drug-likeness (QED) is 0.336. The molecule has 2 atom stereocenters. The highest BCUT2D eigenvalue weighted by Gasteiger charge is 2.24. The van der Waals surface area contributed by atoms with Crippen LogP contribution in [-0.4, -0.2) is 50.1 Å². The van der Waals surface area contributed by atoms with Gasteiger partial charge in [0.2, 0.25) is 0 Å². The zero-order valence-electron chi connectivity index (χ0n) is 15.2. The van der Waals surface area contributed by atoms with Crippen LogP contribution in [0.5, 0.6) is 0 Å². The van der Waals surface area contributed by atoms with Gasteiger partial charge in [0.1, 0.15) is 0 Å². The fourth-order valence-electron chi connectivity index (χ4n) is 3.01. The average molecular weight is 476 g/mol. The van der Waals surface area contributed by atoms with E-state index in [2.05, 4.69) is 27.2 Å². The molecule has 1 aliphatic rings. The number of hydrogen-bond acceptors (Lipinski definition) is 3. The number of nitrogens with one attached hydrogen (secondary N) is 3. The fourth-order valence-corrected chi connectivity index (χ4v) is 3.81. The largest absolute Gasteiger partial charge is 0.356 e. The van der Waals surface area contributed by atoms with Gasteiger partial charge in [0.05, 0.1) is 0 Å². The zero-order chi connectivity index (χ0) is 17.4. The van der Waals surface area contributed by atoms with Crippen LogP contribution < -0.4 is 16.0 Å². The van der Waals surface area contributed by atoms with Crippen molar-refractivity contribution in [2.45, 2.75) is 37.0 Å². The molecular formula is C18H29IN4OS. The molecule has 25 heavy (non-hydrogen) atoms. The molecule has 0 aliphatic heterocycles. The molecule has 140 valence electrons. The molecule has 0 heterocycles. The van der Waals surface area contributed by atoms with Gasteiger partial charge in [-0.15, -0.1) is 24.0 Å². The number of carbonyl (C=O) groups is 1. The number of amides is 1. The van der Waals surface area contributed by atoms with E-state index >= 15 is 0 Å². The number of thioether (sulfide) groups is 1. The Morgan fingerprint density at radius 1 is 1.36 bits per heavy atom. The van der Waals surface area contributed by atoms with E-state index in [1.807, 2.05) is 43.1 Å². The lowest BCUT2D eigenvalue weighted by Gasteiger charge is -2.17. The van der Waals surface area contributed by atoms with Gasteiger partial charge in [0.25, 0.3) is 5.91 Å². The molecule has 3 N–H and O–H groups in total. The van der Waals surface area contributed by atoms with Crippen molar-refractivity contribution in [1.82, 2.24) is 16.0 Å². The molecule has 0 saturated heterocycles. The van der Waals surface area contributed by atoms with Crippen molar-refractivity contribution in [3.8, 4) is 0 Å². The SMILES string of the molecule is CN=C(NCCc1cccc(C(=O)NC)c1)NC1CCC(SC)C1.I. The van der Waals surface area contributed by atoms with Crippen molar-refractivity contribution in [2.75, 3.05) is 26.9 Å². The maximum absolute atomic E-state index is 11.7. The molecule has 0 spiro atoms. The molecule has 7 heteroatoms. The standard InChI is InChI=1S/C18H28N4OS.HI/c1-19-17(23)14-6-4-5-13(11-14)9-10-21-18(20-2)22-15-7-8-16(12-15)24-3;/h4-6,11,15-16H,7-10,12H2,1-3H3,(H,19,23)(H2,20,21,22);1H. The number of aliphatic imine (C=N–C) groups is 1. The first-order valence-corrected chi connectivity index (χ1v) is 9.76. The number of benzene rings is 1. The summed E-state index contributed by atoms with van der Waals surface area (Å²) in [4.78, 5) is 16.0. The summed E-state index contributed by atoms with van der Waals surface area (Å²) in [5, 5.41) is 10.3. The van der Waals surface area contributed by atoms with Crippen molar-refractivity contribution < 1.29 is 4.79 Å². The van der Waals surface area contributed by atoms with Crippen LogP contribution in [0, 0.1) is 0 Å². The van der Waals surface area contributed by atoms with Crippen LogP contribution in [0.25, 0.3) is 0 Å². The van der Waals surface area contributed by atoms with Gasteiger partial charge in [0.15, 0.2) is 5.96 Å². The number of guanidine groups is 1. The van der Waals surface area contributed by atoms with E-state index in [-0.39, 0.29) is 29.9 Å². The van der Waals surface area contributed by atoms with Gasteiger partial charge in [0, 0.05) is 37.5 Å². The third-order valence-corrected chi connectivity index (χ3v) is 5.50. The Labute approximate surface area is 172 Å². The molecule has 1 aliphatic carbocycles. The summed E-state index contributed by atoms with van der Waals surface area (Å²) in [6.45, 7) is 0.787. The molecule has 1 aromatic carbocycles. The Morgan fingerprint density at radius 2 is 2.16 bits per heavy atom. The molecule has 1 saturated carbocycles. The predicted molar refractivity (Wildman–Crippen MR) is 118 cm³/mol. The topological polar surface area (TPSA) is 65.5 Å². The second-order valence-corrected chi connectivity index (χ2v) is 7.18. The molecular weight excluding hydrogens is 447 g/mol. The number of rotatable bonds is 6. The highest BCUT2D eigenvalue weighted by Crippen LogP contribution is 2.27. The first-order valence-electron chi connectivity index (χ1n) is 8.47. The van der Waals surface area contributed by atoms with E-state index in [1.54, 1.807) is 7.05 Å². The molecule has 0 aromatic heterocycles. The lowest BCUT2D eigenvalue weighted by atomic mass is 10.1. The Hall–Kier alpha value is -0.960. The number of nitrogens with zero attached hydrogens (tertiary/aromatic N) is 1. The summed E-state index contributed by atoms with van der Waals surface area (Å²) in [7, 11) is 3.46. The zero-order valence-corrected chi connectivity index (χ0v) is 18.3. The van der Waals surface area contributed by atoms with Crippen molar-refractivity contribution in [2.24, 2.45) is 4.99 Å². The predicted octanol–water partition coefficient (Wildman–Crippen LogP) is 2.66. The molecule has 0 radical (unpaired) electrons. The van der Waals surface area contributed by atoms with Crippen LogP contribution >= 0.6 is 35.7 Å². The van der Waals surface area contributed by atoms with Crippen LogP contribution in [0.4, 0.5) is 0 Å². The number of carbonyl (C=O) groups excluding carboxylic acids is 1. The van der Waals surface area contributed by atoms with Crippen LogP contribution in [0.3, 0.4) is 0 Å². The van der Waals surface area contributed by atoms with Crippen molar-refractivity contribution >= 4 is 47.6 Å². The third kappa shape index (κ3) is 7.05. The maximum Gasteiger partial charge on any atom is 0.251 e. The molecule has 1 amide bonds. The van der Waals surface area contributed by atoms with Gasteiger partial charge < -0.3 is 16.0 Å². The third-order valence-electron chi connectivity index (χ3n) is 4.40. The number of hydrogen-bond donors (Lipinski definition) is 3. The lowest BCUT2D eigenvalue weighted by Crippen LogP contribution is -2.43. The Bertz CT molecular complexity index is 582. The summed E-state index contributed by atoms with van der Waals surface area (Å²) < 4.78 is 0. The van der Waals surface area contributed by atoms with E-state index in [0.29, 0.717) is 11.6 Å². The minimum atomic E-state index is -0.0492. The van der Waals surface area contributed by atoms with E-state index in [4.69, 9.17) is 0 Å². The lowest BCUT2D eigenvalue weighted by molar-refractivity contribution is 0.0963. The van der Waals surface area contributed by atoms with Crippen LogP contribution in [0.2, 0.25) is 0 Å². The van der Waals surface area contributed by atoms with Gasteiger partial charge in [-0.05, 0) is 49.6 Å². The fraction of sp³-hybridized carbons (Fsp3) is 0.556. The van der Waals surface area contributed by atoms with E-state index in [9.17, 15) is 4.79 Å². The Morgan fingerprint density at radius 3 is 2.80 bits per heavy atom. The minimum absolute atomic E-state index is 0. The molecule has 1 fully saturated rings. The molecule has 1 aromatic rings.